The maximum Gasteiger partial charge on any atom is 0.264 e. The Morgan fingerprint density at radius 3 is 2.37 bits per heavy atom. The van der Waals surface area contributed by atoms with E-state index in [1.807, 2.05) is 6.92 Å². The van der Waals surface area contributed by atoms with Gasteiger partial charge < -0.3 is 9.64 Å². The van der Waals surface area contributed by atoms with Crippen molar-refractivity contribution in [2.24, 2.45) is 0 Å². The van der Waals surface area contributed by atoms with Crippen molar-refractivity contribution in [2.45, 2.75) is 38.6 Å². The molecule has 1 amide bonds. The molecule has 4 rings (SSSR count). The fourth-order valence-corrected chi connectivity index (χ4v) is 5.65. The number of carbonyl (C=O) groups excluding carboxylic acids is 1. The fraction of sp³-hybridized carbons (Fsp3) is 0.435. The number of ether oxygens (including phenoxy) is 1. The largest absolute Gasteiger partial charge is 0.494 e. The molecule has 3 aromatic rings. The zero-order chi connectivity index (χ0) is 25.3. The van der Waals surface area contributed by atoms with E-state index in [0.29, 0.717) is 23.7 Å². The number of alkyl halides is 2. The third kappa shape index (κ3) is 4.98. The van der Waals surface area contributed by atoms with E-state index in [2.05, 4.69) is 10.1 Å². The molecule has 1 aliphatic heterocycles. The van der Waals surface area contributed by atoms with Crippen LogP contribution >= 0.6 is 0 Å². The molecule has 1 fully saturated rings. The van der Waals surface area contributed by atoms with E-state index in [0.717, 1.165) is 0 Å². The van der Waals surface area contributed by atoms with Crippen LogP contribution in [0.15, 0.2) is 35.2 Å². The van der Waals surface area contributed by atoms with E-state index in [1.54, 1.807) is 30.9 Å². The predicted octanol–water partition coefficient (Wildman–Crippen LogP) is 2.92. The number of fused-ring (bicyclic) bond motifs is 1. The highest BCUT2D eigenvalue weighted by atomic mass is 32.2. The van der Waals surface area contributed by atoms with Gasteiger partial charge in [0, 0.05) is 37.4 Å². The summed E-state index contributed by atoms with van der Waals surface area (Å²) in [7, 11) is -3.70. The first kappa shape index (κ1) is 25.0. The first-order chi connectivity index (χ1) is 16.6. The van der Waals surface area contributed by atoms with Crippen molar-refractivity contribution in [3.63, 3.8) is 0 Å². The molecule has 0 radical (unpaired) electrons. The quantitative estimate of drug-likeness (QED) is 0.488. The summed E-state index contributed by atoms with van der Waals surface area (Å²) in [6.07, 6.45) is -2.68. The Hall–Kier alpha value is -3.12. The van der Waals surface area contributed by atoms with Gasteiger partial charge in [-0.3, -0.25) is 4.79 Å². The lowest BCUT2D eigenvalue weighted by Gasteiger charge is -2.34. The molecular weight excluding hydrogens is 480 g/mol. The van der Waals surface area contributed by atoms with E-state index in [4.69, 9.17) is 4.74 Å². The van der Waals surface area contributed by atoms with Gasteiger partial charge in [-0.2, -0.15) is 9.40 Å². The van der Waals surface area contributed by atoms with Gasteiger partial charge in [0.2, 0.25) is 15.9 Å². The maximum atomic E-state index is 13.5. The van der Waals surface area contributed by atoms with E-state index < -0.39 is 16.4 Å². The van der Waals surface area contributed by atoms with Crippen LogP contribution in [0.4, 0.5) is 8.78 Å². The van der Waals surface area contributed by atoms with Crippen LogP contribution in [0.2, 0.25) is 0 Å². The number of sulfonamides is 1. The molecule has 1 aliphatic rings. The second-order valence-corrected chi connectivity index (χ2v) is 10.2. The molecule has 0 N–H and O–H groups in total. The molecule has 1 aromatic carbocycles. The first-order valence-corrected chi connectivity index (χ1v) is 12.7. The van der Waals surface area contributed by atoms with Gasteiger partial charge in [0.1, 0.15) is 12.3 Å². The van der Waals surface area contributed by atoms with Crippen molar-refractivity contribution in [3.05, 3.63) is 47.3 Å². The zero-order valence-electron chi connectivity index (χ0n) is 19.7. The lowest BCUT2D eigenvalue weighted by atomic mass is 10.1. The van der Waals surface area contributed by atoms with E-state index in [-0.39, 0.29) is 60.1 Å². The molecule has 9 nitrogen and oxygen atoms in total. The minimum Gasteiger partial charge on any atom is -0.494 e. The number of rotatable bonds is 7. The third-order valence-corrected chi connectivity index (χ3v) is 7.83. The monoisotopic (exact) mass is 507 g/mol. The Kier molecular flexibility index (Phi) is 7.04. The highest BCUT2D eigenvalue weighted by Gasteiger charge is 2.31. The SMILES string of the molecule is CCOc1ccc(S(=O)(=O)N2CCN(C(=O)Cn3nc(C)c4c(C(F)F)cc(C)nc43)CC2)cc1. The van der Waals surface area contributed by atoms with Crippen LogP contribution < -0.4 is 4.74 Å². The van der Waals surface area contributed by atoms with Gasteiger partial charge in [0.15, 0.2) is 5.65 Å². The van der Waals surface area contributed by atoms with Crippen LogP contribution in [-0.4, -0.2) is 71.1 Å². The summed E-state index contributed by atoms with van der Waals surface area (Å²) in [4.78, 5) is 19.0. The summed E-state index contributed by atoms with van der Waals surface area (Å²) in [5.74, 6) is 0.308. The van der Waals surface area contributed by atoms with Gasteiger partial charge in [0.05, 0.1) is 22.6 Å². The number of amides is 1. The van der Waals surface area contributed by atoms with Gasteiger partial charge in [-0.1, -0.05) is 0 Å². The number of pyridine rings is 1. The van der Waals surface area contributed by atoms with Gasteiger partial charge in [-0.25, -0.2) is 26.9 Å². The van der Waals surface area contributed by atoms with Crippen LogP contribution in [0.5, 0.6) is 5.75 Å². The Labute approximate surface area is 202 Å². The molecule has 0 bridgehead atoms. The summed E-state index contributed by atoms with van der Waals surface area (Å²) in [5.41, 5.74) is 0.871. The van der Waals surface area contributed by atoms with E-state index >= 15 is 0 Å². The average Bonchev–Trinajstić information content (AvgIpc) is 3.13. The number of hydrogen-bond acceptors (Lipinski definition) is 6. The molecule has 12 heteroatoms. The molecule has 0 saturated carbocycles. The number of hydrogen-bond donors (Lipinski definition) is 0. The minimum atomic E-state index is -3.70. The van der Waals surface area contributed by atoms with Gasteiger partial charge in [-0.05, 0) is 51.1 Å². The number of aryl methyl sites for hydroxylation is 2. The van der Waals surface area contributed by atoms with Gasteiger partial charge in [-0.15, -0.1) is 0 Å². The molecule has 2 aromatic heterocycles. The van der Waals surface area contributed by atoms with Gasteiger partial charge >= 0.3 is 0 Å². The summed E-state index contributed by atoms with van der Waals surface area (Å²) >= 11 is 0. The zero-order valence-corrected chi connectivity index (χ0v) is 20.6. The number of nitrogens with zero attached hydrogens (tertiary/aromatic N) is 5. The average molecular weight is 508 g/mol. The third-order valence-electron chi connectivity index (χ3n) is 5.92. The van der Waals surface area contributed by atoms with Crippen molar-refractivity contribution >= 4 is 27.0 Å². The number of carbonyl (C=O) groups is 1. The van der Waals surface area contributed by atoms with Crippen molar-refractivity contribution in [3.8, 4) is 5.75 Å². The molecule has 0 spiro atoms. The lowest BCUT2D eigenvalue weighted by Crippen LogP contribution is -2.51. The van der Waals surface area contributed by atoms with Crippen molar-refractivity contribution in [1.82, 2.24) is 24.0 Å². The number of benzene rings is 1. The normalized spacial score (nSPS) is 15.2. The molecule has 1 saturated heterocycles. The minimum absolute atomic E-state index is 0.146. The highest BCUT2D eigenvalue weighted by Crippen LogP contribution is 2.30. The maximum absolute atomic E-state index is 13.5. The van der Waals surface area contributed by atoms with E-state index in [9.17, 15) is 22.0 Å². The first-order valence-electron chi connectivity index (χ1n) is 11.3. The van der Waals surface area contributed by atoms with Crippen LogP contribution in [0.3, 0.4) is 0 Å². The summed E-state index contributed by atoms with van der Waals surface area (Å²) in [6.45, 7) is 6.10. The van der Waals surface area contributed by atoms with Crippen molar-refractivity contribution in [1.29, 1.82) is 0 Å². The topological polar surface area (TPSA) is 97.6 Å². The fourth-order valence-electron chi connectivity index (χ4n) is 4.23. The lowest BCUT2D eigenvalue weighted by molar-refractivity contribution is -0.133. The Morgan fingerprint density at radius 1 is 1.11 bits per heavy atom. The molecule has 0 aliphatic carbocycles. The number of piperazine rings is 1. The molecular formula is C23H27F2N5O4S. The second-order valence-electron chi connectivity index (χ2n) is 8.28. The Balaban J connectivity index is 1.45. The molecule has 0 atom stereocenters. The molecule has 3 heterocycles. The summed E-state index contributed by atoms with van der Waals surface area (Å²) in [6, 6.07) is 7.57. The van der Waals surface area contributed by atoms with Crippen molar-refractivity contribution < 1.29 is 26.7 Å². The highest BCUT2D eigenvalue weighted by molar-refractivity contribution is 7.89. The Bertz CT molecular complexity index is 1330. The van der Waals surface area contributed by atoms with Gasteiger partial charge in [0.25, 0.3) is 6.43 Å². The second kappa shape index (κ2) is 9.86. The summed E-state index contributed by atoms with van der Waals surface area (Å²) in [5, 5.41) is 4.53. The van der Waals surface area contributed by atoms with E-state index in [1.165, 1.54) is 27.2 Å². The van der Waals surface area contributed by atoms with Crippen LogP contribution in [0, 0.1) is 13.8 Å². The standard InChI is InChI=1S/C23H27F2N5O4S/c1-4-34-17-5-7-18(8-6-17)35(32,33)29-11-9-28(10-12-29)20(31)14-30-23-21(16(3)27-30)19(22(24)25)13-15(2)26-23/h5-8,13,22H,4,9-12,14H2,1-3H3. The number of halogens is 2. The van der Waals surface area contributed by atoms with Crippen molar-refractivity contribution in [2.75, 3.05) is 32.8 Å². The predicted molar refractivity (Wildman–Crippen MR) is 125 cm³/mol. The van der Waals surface area contributed by atoms with Crippen LogP contribution in [-0.2, 0) is 21.4 Å². The smallest absolute Gasteiger partial charge is 0.264 e. The molecule has 0 unspecified atom stereocenters. The van der Waals surface area contributed by atoms with Crippen LogP contribution in [0.1, 0.15) is 30.3 Å². The molecule has 35 heavy (non-hydrogen) atoms. The molecule has 188 valence electrons. The van der Waals surface area contributed by atoms with Crippen LogP contribution in [0.25, 0.3) is 11.0 Å². The summed E-state index contributed by atoms with van der Waals surface area (Å²) < 4.78 is 61.1. The Morgan fingerprint density at radius 2 is 1.77 bits per heavy atom. The number of aromatic nitrogens is 3.